The van der Waals surface area contributed by atoms with Crippen molar-refractivity contribution < 1.29 is 27.6 Å². The van der Waals surface area contributed by atoms with Crippen LogP contribution in [-0.4, -0.2) is 61.9 Å². The first kappa shape index (κ1) is 21.1. The van der Waals surface area contributed by atoms with E-state index in [1.165, 1.54) is 11.0 Å². The van der Waals surface area contributed by atoms with E-state index in [9.17, 15) is 27.6 Å². The van der Waals surface area contributed by atoms with Gasteiger partial charge in [-0.2, -0.15) is 18.3 Å². The van der Waals surface area contributed by atoms with Crippen LogP contribution in [0.15, 0.2) is 12.1 Å². The van der Waals surface area contributed by atoms with Crippen molar-refractivity contribution in [2.24, 2.45) is 0 Å². The number of alkyl halides is 3. The Morgan fingerprint density at radius 2 is 2.03 bits per heavy atom. The molecule has 2 saturated heterocycles. The molecule has 31 heavy (non-hydrogen) atoms. The molecule has 0 saturated carbocycles. The Morgan fingerprint density at radius 1 is 1.29 bits per heavy atom. The van der Waals surface area contributed by atoms with Gasteiger partial charge in [0.05, 0.1) is 18.3 Å². The predicted molar refractivity (Wildman–Crippen MR) is 101 cm³/mol. The first-order chi connectivity index (χ1) is 14.6. The highest BCUT2D eigenvalue weighted by Crippen LogP contribution is 2.35. The van der Waals surface area contributed by atoms with Crippen LogP contribution < -0.4 is 5.32 Å². The number of hydrogen-bond acceptors (Lipinski definition) is 5. The monoisotopic (exact) mass is 438 g/mol. The molecule has 0 radical (unpaired) electrons. The number of rotatable bonds is 4. The Labute approximate surface area is 175 Å². The van der Waals surface area contributed by atoms with Crippen LogP contribution in [0.5, 0.6) is 0 Å². The minimum Gasteiger partial charge on any atom is -0.332 e. The SMILES string of the molecule is CC(C)c1cc(C(F)(F)F)n2nc([C@@H]3CCCN3C(=O)CN3C(=O)CNC3=O)cc2n1. The number of hydrogen-bond donors (Lipinski definition) is 1. The quantitative estimate of drug-likeness (QED) is 0.737. The third-order valence-corrected chi connectivity index (χ3v) is 5.49. The molecule has 4 rings (SSSR count). The van der Waals surface area contributed by atoms with E-state index in [2.05, 4.69) is 15.4 Å². The van der Waals surface area contributed by atoms with E-state index in [0.29, 0.717) is 30.8 Å². The topological polar surface area (TPSA) is 99.9 Å². The normalized spacial score (nSPS) is 19.7. The number of aromatic nitrogens is 3. The zero-order chi connectivity index (χ0) is 22.5. The van der Waals surface area contributed by atoms with Gasteiger partial charge in [0.15, 0.2) is 5.65 Å². The maximum atomic E-state index is 13.6. The molecule has 12 heteroatoms. The highest BCUT2D eigenvalue weighted by Gasteiger charge is 2.38. The highest BCUT2D eigenvalue weighted by molar-refractivity contribution is 6.04. The molecule has 0 aliphatic carbocycles. The maximum Gasteiger partial charge on any atom is 0.433 e. The Morgan fingerprint density at radius 3 is 2.65 bits per heavy atom. The molecule has 166 valence electrons. The van der Waals surface area contributed by atoms with Gasteiger partial charge in [0.25, 0.3) is 5.91 Å². The molecule has 2 aliphatic heterocycles. The molecule has 2 fully saturated rings. The Hall–Kier alpha value is -3.18. The second kappa shape index (κ2) is 7.50. The number of carbonyl (C=O) groups excluding carboxylic acids is 3. The van der Waals surface area contributed by atoms with Crippen molar-refractivity contribution in [3.05, 3.63) is 29.2 Å². The second-order valence-corrected chi connectivity index (χ2v) is 7.94. The van der Waals surface area contributed by atoms with Crippen LogP contribution in [0.2, 0.25) is 0 Å². The Bertz CT molecular complexity index is 1050. The van der Waals surface area contributed by atoms with E-state index in [0.717, 1.165) is 15.5 Å². The summed E-state index contributed by atoms with van der Waals surface area (Å²) in [4.78, 5) is 42.9. The summed E-state index contributed by atoms with van der Waals surface area (Å²) < 4.78 is 41.6. The van der Waals surface area contributed by atoms with Crippen LogP contribution in [0.1, 0.15) is 55.7 Å². The Balaban J connectivity index is 1.66. The van der Waals surface area contributed by atoms with E-state index in [1.54, 1.807) is 13.8 Å². The molecule has 1 N–H and O–H groups in total. The zero-order valence-corrected chi connectivity index (χ0v) is 16.9. The lowest BCUT2D eigenvalue weighted by Crippen LogP contribution is -2.42. The predicted octanol–water partition coefficient (Wildman–Crippen LogP) is 2.09. The van der Waals surface area contributed by atoms with Crippen molar-refractivity contribution in [1.29, 1.82) is 0 Å². The first-order valence-corrected chi connectivity index (χ1v) is 9.91. The summed E-state index contributed by atoms with van der Waals surface area (Å²) in [5, 5.41) is 6.48. The van der Waals surface area contributed by atoms with Crippen molar-refractivity contribution in [2.45, 2.75) is 44.8 Å². The molecule has 0 spiro atoms. The highest BCUT2D eigenvalue weighted by atomic mass is 19.4. The van der Waals surface area contributed by atoms with Crippen LogP contribution in [0, 0.1) is 0 Å². The van der Waals surface area contributed by atoms with Crippen molar-refractivity contribution in [2.75, 3.05) is 19.6 Å². The Kier molecular flexibility index (Phi) is 5.10. The lowest BCUT2D eigenvalue weighted by molar-refractivity contribution is -0.142. The van der Waals surface area contributed by atoms with Gasteiger partial charge in [-0.25, -0.2) is 14.3 Å². The van der Waals surface area contributed by atoms with Crippen molar-refractivity contribution >= 4 is 23.5 Å². The van der Waals surface area contributed by atoms with Crippen molar-refractivity contribution in [1.82, 2.24) is 29.7 Å². The van der Waals surface area contributed by atoms with Gasteiger partial charge in [-0.15, -0.1) is 0 Å². The fourth-order valence-corrected chi connectivity index (χ4v) is 3.89. The number of fused-ring (bicyclic) bond motifs is 1. The number of imide groups is 1. The average molecular weight is 438 g/mol. The van der Waals surface area contributed by atoms with E-state index in [-0.39, 0.29) is 18.1 Å². The summed E-state index contributed by atoms with van der Waals surface area (Å²) in [6.45, 7) is 3.29. The van der Waals surface area contributed by atoms with Crippen LogP contribution in [0.25, 0.3) is 5.65 Å². The van der Waals surface area contributed by atoms with Crippen LogP contribution >= 0.6 is 0 Å². The first-order valence-electron chi connectivity index (χ1n) is 9.91. The molecule has 2 aromatic rings. The van der Waals surface area contributed by atoms with Gasteiger partial charge in [0, 0.05) is 18.3 Å². The molecule has 0 aromatic carbocycles. The zero-order valence-electron chi connectivity index (χ0n) is 16.9. The van der Waals surface area contributed by atoms with E-state index in [4.69, 9.17) is 0 Å². The lowest BCUT2D eigenvalue weighted by Gasteiger charge is -2.25. The smallest absolute Gasteiger partial charge is 0.332 e. The fraction of sp³-hybridized carbons (Fsp3) is 0.526. The number of nitrogens with one attached hydrogen (secondary N) is 1. The summed E-state index contributed by atoms with van der Waals surface area (Å²) in [6, 6.07) is 1.26. The number of likely N-dealkylation sites (tertiary alicyclic amines) is 1. The molecule has 2 aromatic heterocycles. The molecular formula is C19H21F3N6O3. The third kappa shape index (κ3) is 3.81. The second-order valence-electron chi connectivity index (χ2n) is 7.94. The number of amides is 4. The van der Waals surface area contributed by atoms with Gasteiger partial charge >= 0.3 is 12.2 Å². The summed E-state index contributed by atoms with van der Waals surface area (Å²) in [5.41, 5.74) is -0.282. The molecule has 4 heterocycles. The molecular weight excluding hydrogens is 417 g/mol. The summed E-state index contributed by atoms with van der Waals surface area (Å²) in [6.07, 6.45) is -3.49. The molecule has 1 atom stereocenters. The van der Waals surface area contributed by atoms with E-state index >= 15 is 0 Å². The molecule has 0 unspecified atom stereocenters. The van der Waals surface area contributed by atoms with E-state index in [1.807, 2.05) is 0 Å². The van der Waals surface area contributed by atoms with Crippen LogP contribution in [0.3, 0.4) is 0 Å². The number of halogens is 3. The minimum absolute atomic E-state index is 0.0573. The minimum atomic E-state index is -4.62. The van der Waals surface area contributed by atoms with Crippen LogP contribution in [0.4, 0.5) is 18.0 Å². The van der Waals surface area contributed by atoms with E-state index < -0.39 is 42.3 Å². The number of carbonyl (C=O) groups is 3. The number of nitrogens with zero attached hydrogens (tertiary/aromatic N) is 5. The average Bonchev–Trinajstić information content (AvgIpc) is 3.40. The number of urea groups is 1. The molecule has 2 aliphatic rings. The molecule has 4 amide bonds. The largest absolute Gasteiger partial charge is 0.433 e. The van der Waals surface area contributed by atoms with Gasteiger partial charge in [-0.1, -0.05) is 13.8 Å². The summed E-state index contributed by atoms with van der Waals surface area (Å²) in [7, 11) is 0. The summed E-state index contributed by atoms with van der Waals surface area (Å²) >= 11 is 0. The molecule has 0 bridgehead atoms. The van der Waals surface area contributed by atoms with Gasteiger partial charge in [-0.05, 0) is 24.8 Å². The fourth-order valence-electron chi connectivity index (χ4n) is 3.89. The summed E-state index contributed by atoms with van der Waals surface area (Å²) in [5.74, 6) is -1.17. The van der Waals surface area contributed by atoms with Gasteiger partial charge in [-0.3, -0.25) is 14.5 Å². The van der Waals surface area contributed by atoms with Crippen molar-refractivity contribution in [3.8, 4) is 0 Å². The van der Waals surface area contributed by atoms with Crippen LogP contribution in [-0.2, 0) is 15.8 Å². The maximum absolute atomic E-state index is 13.6. The molecule has 9 nitrogen and oxygen atoms in total. The standard InChI is InChI=1S/C19H21F3N6O3/c1-10(2)11-6-14(19(20,21)22)28-15(24-11)7-12(25-28)13-4-3-5-26(13)17(30)9-27-16(29)8-23-18(27)31/h6-7,10,13H,3-5,8-9H2,1-2H3,(H,23,31)/t13-/m0/s1. The van der Waals surface area contributed by atoms with Gasteiger partial charge in [0.1, 0.15) is 12.2 Å². The third-order valence-electron chi connectivity index (χ3n) is 5.49. The lowest BCUT2D eigenvalue weighted by atomic mass is 10.1. The van der Waals surface area contributed by atoms with Gasteiger partial charge < -0.3 is 10.2 Å². The van der Waals surface area contributed by atoms with Gasteiger partial charge in [0.2, 0.25) is 5.91 Å². The van der Waals surface area contributed by atoms with Crippen molar-refractivity contribution in [3.63, 3.8) is 0 Å².